The van der Waals surface area contributed by atoms with E-state index in [4.69, 9.17) is 5.73 Å². The Hall–Kier alpha value is -1.52. The van der Waals surface area contributed by atoms with Gasteiger partial charge in [0.05, 0.1) is 0 Å². The third-order valence-electron chi connectivity index (χ3n) is 5.49. The zero-order chi connectivity index (χ0) is 25.1. The molecule has 2 rings (SSSR count). The fraction of sp³-hybridized carbons (Fsp3) is 0.583. The number of amides is 3. The quantitative estimate of drug-likeness (QED) is 0.178. The lowest BCUT2D eigenvalue weighted by Gasteiger charge is -2.23. The highest BCUT2D eigenvalue weighted by Crippen LogP contribution is 2.39. The van der Waals surface area contributed by atoms with E-state index < -0.39 is 29.7 Å². The Kier molecular flexibility index (Phi) is 12.5. The van der Waals surface area contributed by atoms with Crippen LogP contribution in [0.2, 0.25) is 0 Å². The van der Waals surface area contributed by atoms with Crippen LogP contribution in [0.5, 0.6) is 0 Å². The highest BCUT2D eigenvalue weighted by Gasteiger charge is 2.29. The number of ketones is 1. The van der Waals surface area contributed by atoms with Crippen molar-refractivity contribution >= 4 is 61.0 Å². The second-order valence-corrected chi connectivity index (χ2v) is 12.6. The number of benzene rings is 1. The van der Waals surface area contributed by atoms with E-state index in [1.807, 2.05) is 47.6 Å². The Morgan fingerprint density at radius 3 is 2.38 bits per heavy atom. The summed E-state index contributed by atoms with van der Waals surface area (Å²) in [6, 6.07) is 5.34. The minimum Gasteiger partial charge on any atom is -0.363 e. The maximum absolute atomic E-state index is 13.1. The van der Waals surface area contributed by atoms with Gasteiger partial charge in [0.1, 0.15) is 12.1 Å². The van der Waals surface area contributed by atoms with Gasteiger partial charge in [0, 0.05) is 28.3 Å². The minimum atomic E-state index is -1.11. The number of primary amides is 1. The van der Waals surface area contributed by atoms with Crippen molar-refractivity contribution in [3.05, 3.63) is 34.3 Å². The van der Waals surface area contributed by atoms with E-state index in [9.17, 15) is 19.2 Å². The zero-order valence-electron chi connectivity index (χ0n) is 19.7. The maximum atomic E-state index is 13.1. The molecular formula is C24H34BrN3O4S2. The molecule has 7 nitrogen and oxygen atoms in total. The van der Waals surface area contributed by atoms with Crippen molar-refractivity contribution in [1.82, 2.24) is 10.6 Å². The summed E-state index contributed by atoms with van der Waals surface area (Å²) in [5.41, 5.74) is 5.99. The molecule has 3 atom stereocenters. The molecule has 2 unspecified atom stereocenters. The van der Waals surface area contributed by atoms with Gasteiger partial charge in [0.25, 0.3) is 5.91 Å². The lowest BCUT2D eigenvalue weighted by molar-refractivity contribution is -0.139. The van der Waals surface area contributed by atoms with E-state index in [-0.39, 0.29) is 18.2 Å². The van der Waals surface area contributed by atoms with Crippen molar-refractivity contribution in [2.45, 2.75) is 76.1 Å². The monoisotopic (exact) mass is 571 g/mol. The first-order chi connectivity index (χ1) is 16.2. The molecule has 0 aliphatic carbocycles. The normalized spacial score (nSPS) is 17.2. The molecule has 0 bridgehead atoms. The minimum absolute atomic E-state index is 0.126. The number of nitrogens with one attached hydrogen (secondary N) is 2. The molecule has 1 heterocycles. The van der Waals surface area contributed by atoms with E-state index in [0.717, 1.165) is 29.3 Å². The topological polar surface area (TPSA) is 118 Å². The van der Waals surface area contributed by atoms with Gasteiger partial charge in [-0.3, -0.25) is 19.2 Å². The first-order valence-corrected chi connectivity index (χ1v) is 14.8. The molecule has 0 radical (unpaired) electrons. The molecule has 0 spiro atoms. The number of hydrogen-bond donors (Lipinski definition) is 3. The standard InChI is InChI=1S/C24H34BrN3O4S2/c1-15(2)13-20(27-21(29)6-4-3-5-18-11-12-33-34-18)24(32)28-19(22(30)23(26)31)14-16-7-9-17(25)10-8-16/h7-10,15,18-20H,3-6,11-14H2,1-2H3,(H2,26,31)(H,27,29)(H,28,32)/t18?,19?,20-/m0/s1. The summed E-state index contributed by atoms with van der Waals surface area (Å²) in [7, 11) is 3.85. The van der Waals surface area contributed by atoms with E-state index in [0.29, 0.717) is 18.1 Å². The molecular weight excluding hydrogens is 538 g/mol. The lowest BCUT2D eigenvalue weighted by atomic mass is 9.99. The zero-order valence-corrected chi connectivity index (χ0v) is 22.9. The van der Waals surface area contributed by atoms with Crippen LogP contribution in [0, 0.1) is 5.92 Å². The molecule has 3 amide bonds. The number of hydrogen-bond acceptors (Lipinski definition) is 6. The average molecular weight is 573 g/mol. The van der Waals surface area contributed by atoms with Crippen molar-refractivity contribution in [2.24, 2.45) is 11.7 Å². The largest absolute Gasteiger partial charge is 0.363 e. The van der Waals surface area contributed by atoms with Crippen LogP contribution in [-0.4, -0.2) is 46.6 Å². The number of unbranched alkanes of at least 4 members (excludes halogenated alkanes) is 1. The number of halogens is 1. The second-order valence-electron chi connectivity index (χ2n) is 8.94. The predicted molar refractivity (Wildman–Crippen MR) is 142 cm³/mol. The molecule has 1 aliphatic rings. The van der Waals surface area contributed by atoms with Gasteiger partial charge >= 0.3 is 0 Å². The highest BCUT2D eigenvalue weighted by molar-refractivity contribution is 9.10. The Balaban J connectivity index is 1.96. The first-order valence-electron chi connectivity index (χ1n) is 11.6. The molecule has 0 aromatic heterocycles. The molecule has 10 heteroatoms. The Morgan fingerprint density at radius 1 is 1.09 bits per heavy atom. The molecule has 1 saturated heterocycles. The van der Waals surface area contributed by atoms with E-state index in [1.54, 1.807) is 12.1 Å². The van der Waals surface area contributed by atoms with Crippen molar-refractivity contribution in [3.8, 4) is 0 Å². The number of carbonyl (C=O) groups excluding carboxylic acids is 4. The summed E-state index contributed by atoms with van der Waals surface area (Å²) in [5.74, 6) is -1.30. The molecule has 0 saturated carbocycles. The molecule has 188 valence electrons. The van der Waals surface area contributed by atoms with E-state index in [1.165, 1.54) is 12.2 Å². The fourth-order valence-corrected chi connectivity index (χ4v) is 6.99. The number of nitrogens with two attached hydrogens (primary N) is 1. The fourth-order valence-electron chi connectivity index (χ4n) is 3.70. The van der Waals surface area contributed by atoms with Gasteiger partial charge in [-0.15, -0.1) is 0 Å². The van der Waals surface area contributed by atoms with Crippen molar-refractivity contribution < 1.29 is 19.2 Å². The number of Topliss-reactive ketones (excluding diaryl/α,β-unsaturated/α-hetero) is 1. The third kappa shape index (κ3) is 10.4. The average Bonchev–Trinajstić information content (AvgIpc) is 3.30. The van der Waals surface area contributed by atoms with Crippen molar-refractivity contribution in [1.29, 1.82) is 0 Å². The van der Waals surface area contributed by atoms with Crippen molar-refractivity contribution in [3.63, 3.8) is 0 Å². The van der Waals surface area contributed by atoms with Crippen molar-refractivity contribution in [2.75, 3.05) is 5.75 Å². The SMILES string of the molecule is CC(C)C[C@H](NC(=O)CCCCC1CCSS1)C(=O)NC(Cc1ccc(Br)cc1)C(=O)C(N)=O. The smallest absolute Gasteiger partial charge is 0.287 e. The summed E-state index contributed by atoms with van der Waals surface area (Å²) in [6.45, 7) is 3.91. The van der Waals surface area contributed by atoms with Crippen LogP contribution in [0.25, 0.3) is 0 Å². The van der Waals surface area contributed by atoms with Gasteiger partial charge in [-0.2, -0.15) is 0 Å². The summed E-state index contributed by atoms with van der Waals surface area (Å²) in [4.78, 5) is 49.6. The van der Waals surface area contributed by atoms with E-state index >= 15 is 0 Å². The van der Waals surface area contributed by atoms with Crippen LogP contribution < -0.4 is 16.4 Å². The van der Waals surface area contributed by atoms with Gasteiger partial charge in [-0.25, -0.2) is 0 Å². The van der Waals surface area contributed by atoms with E-state index in [2.05, 4.69) is 26.6 Å². The van der Waals surface area contributed by atoms with Crippen LogP contribution in [0.1, 0.15) is 57.9 Å². The second kappa shape index (κ2) is 14.8. The molecule has 1 fully saturated rings. The summed E-state index contributed by atoms with van der Waals surface area (Å²) in [6.07, 6.45) is 4.99. The summed E-state index contributed by atoms with van der Waals surface area (Å²) < 4.78 is 0.874. The number of carbonyl (C=O) groups is 4. The predicted octanol–water partition coefficient (Wildman–Crippen LogP) is 3.78. The lowest BCUT2D eigenvalue weighted by Crippen LogP contribution is -2.54. The van der Waals surface area contributed by atoms with Gasteiger partial charge in [0.15, 0.2) is 0 Å². The Bertz CT molecular complexity index is 845. The Labute approximate surface area is 218 Å². The summed E-state index contributed by atoms with van der Waals surface area (Å²) in [5, 5.41) is 6.16. The first kappa shape index (κ1) is 28.7. The maximum Gasteiger partial charge on any atom is 0.287 e. The molecule has 1 aromatic carbocycles. The van der Waals surface area contributed by atoms with Crippen LogP contribution in [0.15, 0.2) is 28.7 Å². The van der Waals surface area contributed by atoms with Gasteiger partial charge in [0.2, 0.25) is 17.6 Å². The molecule has 34 heavy (non-hydrogen) atoms. The van der Waals surface area contributed by atoms with Crippen LogP contribution >= 0.6 is 37.5 Å². The highest BCUT2D eigenvalue weighted by atomic mass is 79.9. The molecule has 1 aromatic rings. The van der Waals surface area contributed by atoms with Crippen LogP contribution in [0.3, 0.4) is 0 Å². The third-order valence-corrected chi connectivity index (χ3v) is 9.03. The summed E-state index contributed by atoms with van der Waals surface area (Å²) >= 11 is 3.36. The van der Waals surface area contributed by atoms with Gasteiger partial charge in [-0.05, 0) is 49.3 Å². The van der Waals surface area contributed by atoms with Gasteiger partial charge < -0.3 is 16.4 Å². The van der Waals surface area contributed by atoms with Crippen LogP contribution in [0.4, 0.5) is 0 Å². The van der Waals surface area contributed by atoms with Gasteiger partial charge in [-0.1, -0.05) is 69.9 Å². The molecule has 1 aliphatic heterocycles. The van der Waals surface area contributed by atoms with Crippen LogP contribution in [-0.2, 0) is 25.6 Å². The molecule has 4 N–H and O–H groups in total. The number of rotatable bonds is 14. The Morgan fingerprint density at radius 2 is 1.79 bits per heavy atom.